The largest absolute Gasteiger partial charge is 0.350 e. The molecule has 4 heteroatoms. The standard InChI is InChI=1S/C9H19N3O/c1-7(2)5-4-6-8(3)11-12-9(10)13/h7H,4-6H2,1-3H3,(H3,10,12,13)/b11-8-. The maximum Gasteiger partial charge on any atom is 0.332 e. The molecule has 0 spiro atoms. The Bertz CT molecular complexity index is 187. The Kier molecular flexibility index (Phi) is 5.93. The van der Waals surface area contributed by atoms with E-state index in [1.165, 1.54) is 6.42 Å². The second kappa shape index (κ2) is 6.46. The minimum atomic E-state index is -0.608. The van der Waals surface area contributed by atoms with Crippen molar-refractivity contribution in [3.05, 3.63) is 0 Å². The minimum Gasteiger partial charge on any atom is -0.350 e. The SMILES string of the molecule is C/C(CCCC(C)C)=N/NC(N)=O. The van der Waals surface area contributed by atoms with E-state index >= 15 is 0 Å². The highest BCUT2D eigenvalue weighted by Crippen LogP contribution is 2.06. The van der Waals surface area contributed by atoms with Gasteiger partial charge in [-0.2, -0.15) is 5.10 Å². The molecule has 0 unspecified atom stereocenters. The second-order valence-electron chi connectivity index (χ2n) is 3.61. The van der Waals surface area contributed by atoms with Crippen LogP contribution in [-0.2, 0) is 0 Å². The average molecular weight is 185 g/mol. The summed E-state index contributed by atoms with van der Waals surface area (Å²) in [6, 6.07) is -0.608. The number of nitrogens with two attached hydrogens (primary N) is 1. The van der Waals surface area contributed by atoms with Gasteiger partial charge in [-0.25, -0.2) is 10.2 Å². The predicted octanol–water partition coefficient (Wildman–Crippen LogP) is 1.86. The molecule has 0 aliphatic rings. The number of urea groups is 1. The lowest BCUT2D eigenvalue weighted by Crippen LogP contribution is -2.25. The van der Waals surface area contributed by atoms with E-state index in [4.69, 9.17) is 5.73 Å². The number of carbonyl (C=O) groups excluding carboxylic acids is 1. The van der Waals surface area contributed by atoms with Crippen molar-refractivity contribution in [1.29, 1.82) is 0 Å². The van der Waals surface area contributed by atoms with Crippen molar-refractivity contribution in [3.63, 3.8) is 0 Å². The third-order valence-electron chi connectivity index (χ3n) is 1.68. The van der Waals surface area contributed by atoms with Gasteiger partial charge in [-0.3, -0.25) is 0 Å². The molecule has 0 aromatic carbocycles. The molecule has 0 aliphatic heterocycles. The molecule has 0 saturated heterocycles. The van der Waals surface area contributed by atoms with E-state index in [0.717, 1.165) is 24.5 Å². The van der Waals surface area contributed by atoms with Crippen LogP contribution in [-0.4, -0.2) is 11.7 Å². The van der Waals surface area contributed by atoms with Crippen LogP contribution in [0.5, 0.6) is 0 Å². The Balaban J connectivity index is 3.55. The highest BCUT2D eigenvalue weighted by molar-refractivity contribution is 5.83. The van der Waals surface area contributed by atoms with Crippen LogP contribution in [0.2, 0.25) is 0 Å². The molecule has 0 heterocycles. The second-order valence-corrected chi connectivity index (χ2v) is 3.61. The van der Waals surface area contributed by atoms with Crippen LogP contribution in [0.25, 0.3) is 0 Å². The van der Waals surface area contributed by atoms with Gasteiger partial charge in [0.1, 0.15) is 0 Å². The third kappa shape index (κ3) is 8.85. The van der Waals surface area contributed by atoms with Gasteiger partial charge in [-0.15, -0.1) is 0 Å². The normalized spacial score (nSPS) is 11.8. The van der Waals surface area contributed by atoms with Gasteiger partial charge in [-0.1, -0.05) is 20.3 Å². The summed E-state index contributed by atoms with van der Waals surface area (Å²) < 4.78 is 0. The Morgan fingerprint density at radius 3 is 2.62 bits per heavy atom. The number of nitrogens with zero attached hydrogens (tertiary/aromatic N) is 1. The average Bonchev–Trinajstić information content (AvgIpc) is 2.00. The molecular weight excluding hydrogens is 166 g/mol. The molecule has 13 heavy (non-hydrogen) atoms. The van der Waals surface area contributed by atoms with E-state index in [1.54, 1.807) is 0 Å². The molecule has 0 aromatic rings. The lowest BCUT2D eigenvalue weighted by atomic mass is 10.1. The number of hydrazone groups is 1. The number of rotatable bonds is 5. The first-order valence-corrected chi connectivity index (χ1v) is 4.61. The van der Waals surface area contributed by atoms with E-state index in [-0.39, 0.29) is 0 Å². The van der Waals surface area contributed by atoms with Gasteiger partial charge in [0.15, 0.2) is 0 Å². The Morgan fingerprint density at radius 2 is 2.15 bits per heavy atom. The molecule has 0 rings (SSSR count). The number of hydrogen-bond donors (Lipinski definition) is 2. The first kappa shape index (κ1) is 11.9. The van der Waals surface area contributed by atoms with E-state index < -0.39 is 6.03 Å². The Hall–Kier alpha value is -1.06. The summed E-state index contributed by atoms with van der Waals surface area (Å²) in [6.07, 6.45) is 3.20. The van der Waals surface area contributed by atoms with E-state index in [2.05, 4.69) is 24.4 Å². The van der Waals surface area contributed by atoms with E-state index in [1.807, 2.05) is 6.92 Å². The molecule has 0 atom stereocenters. The van der Waals surface area contributed by atoms with Gasteiger partial charge in [-0.05, 0) is 25.7 Å². The van der Waals surface area contributed by atoms with Gasteiger partial charge in [0, 0.05) is 5.71 Å². The van der Waals surface area contributed by atoms with Gasteiger partial charge in [0.05, 0.1) is 0 Å². The van der Waals surface area contributed by atoms with Crippen LogP contribution in [0, 0.1) is 5.92 Å². The summed E-state index contributed by atoms with van der Waals surface area (Å²) in [4.78, 5) is 10.3. The lowest BCUT2D eigenvalue weighted by Gasteiger charge is -2.03. The summed E-state index contributed by atoms with van der Waals surface area (Å²) in [5.74, 6) is 0.719. The van der Waals surface area contributed by atoms with Crippen LogP contribution in [0.1, 0.15) is 40.0 Å². The fourth-order valence-corrected chi connectivity index (χ4v) is 0.973. The molecule has 0 radical (unpaired) electrons. The topological polar surface area (TPSA) is 67.5 Å². The van der Waals surface area contributed by atoms with E-state index in [9.17, 15) is 4.79 Å². The quantitative estimate of drug-likeness (QED) is 0.498. The van der Waals surface area contributed by atoms with E-state index in [0.29, 0.717) is 0 Å². The lowest BCUT2D eigenvalue weighted by molar-refractivity contribution is 0.249. The predicted molar refractivity (Wildman–Crippen MR) is 54.5 cm³/mol. The van der Waals surface area contributed by atoms with Gasteiger partial charge < -0.3 is 5.73 Å². The first-order chi connectivity index (χ1) is 6.02. The smallest absolute Gasteiger partial charge is 0.332 e. The van der Waals surface area contributed by atoms with Crippen LogP contribution in [0.4, 0.5) is 4.79 Å². The zero-order valence-corrected chi connectivity index (χ0v) is 8.63. The molecule has 76 valence electrons. The maximum atomic E-state index is 10.3. The summed E-state index contributed by atoms with van der Waals surface area (Å²) >= 11 is 0. The van der Waals surface area contributed by atoms with Crippen molar-refractivity contribution in [1.82, 2.24) is 5.43 Å². The van der Waals surface area contributed by atoms with Crippen molar-refractivity contribution >= 4 is 11.7 Å². The summed E-state index contributed by atoms with van der Waals surface area (Å²) in [5, 5.41) is 3.81. The van der Waals surface area contributed by atoms with Crippen LogP contribution < -0.4 is 11.2 Å². The molecular formula is C9H19N3O. The monoisotopic (exact) mass is 185 g/mol. The number of amides is 2. The molecule has 0 bridgehead atoms. The highest BCUT2D eigenvalue weighted by Gasteiger charge is 1.96. The van der Waals surface area contributed by atoms with Crippen LogP contribution in [0.3, 0.4) is 0 Å². The number of nitrogens with one attached hydrogen (secondary N) is 1. The summed E-state index contributed by atoms with van der Waals surface area (Å²) in [7, 11) is 0. The zero-order valence-electron chi connectivity index (χ0n) is 8.63. The Morgan fingerprint density at radius 1 is 1.54 bits per heavy atom. The number of primary amides is 1. The molecule has 0 saturated carbocycles. The molecule has 4 nitrogen and oxygen atoms in total. The van der Waals surface area contributed by atoms with Gasteiger partial charge >= 0.3 is 6.03 Å². The zero-order chi connectivity index (χ0) is 10.3. The molecule has 0 aromatic heterocycles. The molecule has 0 fully saturated rings. The maximum absolute atomic E-state index is 10.3. The number of carbonyl (C=O) groups is 1. The van der Waals surface area contributed by atoms with Gasteiger partial charge in [0.2, 0.25) is 0 Å². The van der Waals surface area contributed by atoms with Crippen molar-refractivity contribution in [2.24, 2.45) is 16.8 Å². The van der Waals surface area contributed by atoms with Crippen molar-refractivity contribution in [2.45, 2.75) is 40.0 Å². The summed E-state index contributed by atoms with van der Waals surface area (Å²) in [5.41, 5.74) is 7.99. The van der Waals surface area contributed by atoms with Crippen molar-refractivity contribution in [3.8, 4) is 0 Å². The molecule has 0 aliphatic carbocycles. The van der Waals surface area contributed by atoms with Crippen molar-refractivity contribution in [2.75, 3.05) is 0 Å². The van der Waals surface area contributed by atoms with Crippen molar-refractivity contribution < 1.29 is 4.79 Å². The van der Waals surface area contributed by atoms with Crippen LogP contribution in [0.15, 0.2) is 5.10 Å². The van der Waals surface area contributed by atoms with Gasteiger partial charge in [0.25, 0.3) is 0 Å². The highest BCUT2D eigenvalue weighted by atomic mass is 16.2. The molecule has 2 amide bonds. The molecule has 3 N–H and O–H groups in total. The summed E-state index contributed by atoms with van der Waals surface area (Å²) in [6.45, 7) is 6.26. The fraction of sp³-hybridized carbons (Fsp3) is 0.778. The minimum absolute atomic E-state index is 0.608. The van der Waals surface area contributed by atoms with Crippen LogP contribution >= 0.6 is 0 Å². The Labute approximate surface area is 79.6 Å². The first-order valence-electron chi connectivity index (χ1n) is 4.61. The third-order valence-corrected chi connectivity index (χ3v) is 1.68. The number of hydrogen-bond acceptors (Lipinski definition) is 2. The fourth-order valence-electron chi connectivity index (χ4n) is 0.973.